The van der Waals surface area contributed by atoms with Gasteiger partial charge in [-0.15, -0.1) is 0 Å². The molecule has 8 nitrogen and oxygen atoms in total. The van der Waals surface area contributed by atoms with Gasteiger partial charge < -0.3 is 9.64 Å². The molecule has 0 aliphatic rings. The van der Waals surface area contributed by atoms with E-state index in [1.165, 1.54) is 16.7 Å². The molecule has 39 heavy (non-hydrogen) atoms. The van der Waals surface area contributed by atoms with E-state index in [-0.39, 0.29) is 11.5 Å². The van der Waals surface area contributed by atoms with Gasteiger partial charge in [-0.05, 0) is 88.2 Å². The first-order valence-corrected chi connectivity index (χ1v) is 13.8. The maximum Gasteiger partial charge on any atom is 0.421 e. The van der Waals surface area contributed by atoms with Crippen molar-refractivity contribution in [2.45, 2.75) is 38.2 Å². The maximum atomic E-state index is 12.9. The molecular weight excluding hydrogens is 514 g/mol. The number of hydrogen-bond donors (Lipinski definition) is 0. The Hall–Kier alpha value is -4.13. The Labute approximate surface area is 229 Å². The Morgan fingerprint density at radius 3 is 2.38 bits per heavy atom. The molecule has 2 aromatic heterocycles. The van der Waals surface area contributed by atoms with Crippen LogP contribution >= 0.6 is 0 Å². The minimum absolute atomic E-state index is 0.0114. The number of likely N-dealkylation sites (N-methyl/N-ethyl adjacent to an activating group) is 1. The lowest BCUT2D eigenvalue weighted by Crippen LogP contribution is -2.27. The van der Waals surface area contributed by atoms with Gasteiger partial charge in [0.25, 0.3) is 10.1 Å². The predicted octanol–water partition coefficient (Wildman–Crippen LogP) is 5.37. The van der Waals surface area contributed by atoms with Gasteiger partial charge in [-0.2, -0.15) is 8.42 Å². The summed E-state index contributed by atoms with van der Waals surface area (Å²) in [5.41, 5.74) is 2.91. The number of carbonyl (C=O) groups excluding carboxylic acids is 1. The molecule has 0 bridgehead atoms. The number of ether oxygens (including phenoxy) is 1. The average molecular weight is 546 g/mol. The van der Waals surface area contributed by atoms with Crippen molar-refractivity contribution in [2.24, 2.45) is 0 Å². The van der Waals surface area contributed by atoms with Crippen LogP contribution < -0.4 is 4.90 Å². The summed E-state index contributed by atoms with van der Waals surface area (Å²) >= 11 is 0. The molecule has 0 saturated carbocycles. The summed E-state index contributed by atoms with van der Waals surface area (Å²) in [6, 6.07) is 19.5. The van der Waals surface area contributed by atoms with Crippen LogP contribution in [0.25, 0.3) is 11.0 Å². The maximum absolute atomic E-state index is 12.9. The van der Waals surface area contributed by atoms with Crippen molar-refractivity contribution in [1.29, 1.82) is 0 Å². The summed E-state index contributed by atoms with van der Waals surface area (Å²) < 4.78 is 37.0. The van der Waals surface area contributed by atoms with Crippen molar-refractivity contribution in [2.75, 3.05) is 25.1 Å². The Morgan fingerprint density at radius 1 is 1.03 bits per heavy atom. The standard InChI is InChI=1S/C30H31N3O5S/c1-22-8-16-27(17-9-22)39(35,36)37-20-19-32(5)25-13-10-23(11-14-25)12-15-26-21-24-7-6-18-31-28(24)33(26)29(34)38-30(2,3)4/h6-11,13-14,16-18,21H,19-20H2,1-5H3. The molecule has 0 unspecified atom stereocenters. The molecule has 0 radical (unpaired) electrons. The lowest BCUT2D eigenvalue weighted by Gasteiger charge is -2.20. The zero-order chi connectivity index (χ0) is 28.2. The number of nitrogens with zero attached hydrogens (tertiary/aromatic N) is 3. The fourth-order valence-corrected chi connectivity index (χ4v) is 4.64. The molecule has 0 N–H and O–H groups in total. The molecule has 0 spiro atoms. The summed E-state index contributed by atoms with van der Waals surface area (Å²) in [5, 5.41) is 0.788. The van der Waals surface area contributed by atoms with E-state index >= 15 is 0 Å². The lowest BCUT2D eigenvalue weighted by molar-refractivity contribution is 0.0542. The van der Waals surface area contributed by atoms with Crippen LogP contribution in [0.5, 0.6) is 0 Å². The summed E-state index contributed by atoms with van der Waals surface area (Å²) in [6.07, 6.45) is 1.09. The van der Waals surface area contributed by atoms with Crippen LogP contribution in [-0.4, -0.2) is 49.9 Å². The van der Waals surface area contributed by atoms with Crippen molar-refractivity contribution >= 4 is 32.9 Å². The number of aryl methyl sites for hydroxylation is 1. The van der Waals surface area contributed by atoms with Crippen LogP contribution in [-0.2, 0) is 19.0 Å². The minimum Gasteiger partial charge on any atom is -0.443 e. The van der Waals surface area contributed by atoms with Gasteiger partial charge in [-0.1, -0.05) is 23.6 Å². The van der Waals surface area contributed by atoms with Gasteiger partial charge >= 0.3 is 6.09 Å². The van der Waals surface area contributed by atoms with Crippen LogP contribution in [0.4, 0.5) is 10.5 Å². The van der Waals surface area contributed by atoms with Gasteiger partial charge in [0.05, 0.1) is 11.5 Å². The van der Waals surface area contributed by atoms with Crippen LogP contribution in [0.3, 0.4) is 0 Å². The van der Waals surface area contributed by atoms with E-state index < -0.39 is 21.8 Å². The fraction of sp³-hybridized carbons (Fsp3) is 0.267. The predicted molar refractivity (Wildman–Crippen MR) is 151 cm³/mol. The third-order valence-corrected chi connectivity index (χ3v) is 7.08. The van der Waals surface area contributed by atoms with Crippen LogP contribution in [0, 0.1) is 18.8 Å². The first-order valence-electron chi connectivity index (χ1n) is 12.4. The highest BCUT2D eigenvalue weighted by molar-refractivity contribution is 7.86. The fourth-order valence-electron chi connectivity index (χ4n) is 3.74. The van der Waals surface area contributed by atoms with Gasteiger partial charge in [-0.3, -0.25) is 4.18 Å². The van der Waals surface area contributed by atoms with Crippen molar-refractivity contribution in [3.8, 4) is 11.8 Å². The Bertz CT molecular complexity index is 1640. The molecule has 0 fully saturated rings. The van der Waals surface area contributed by atoms with Gasteiger partial charge in [0, 0.05) is 36.4 Å². The SMILES string of the molecule is Cc1ccc(S(=O)(=O)OCCN(C)c2ccc(C#Cc3cc4cccnc4n3C(=O)OC(C)(C)C)cc2)cc1. The number of carbonyl (C=O) groups is 1. The van der Waals surface area contributed by atoms with Crippen LogP contribution in [0.2, 0.25) is 0 Å². The highest BCUT2D eigenvalue weighted by Gasteiger charge is 2.22. The van der Waals surface area contributed by atoms with Gasteiger partial charge in [0.1, 0.15) is 11.3 Å². The monoisotopic (exact) mass is 545 g/mol. The van der Waals surface area contributed by atoms with E-state index in [0.29, 0.717) is 17.9 Å². The van der Waals surface area contributed by atoms with Crippen LogP contribution in [0.1, 0.15) is 37.6 Å². The molecule has 202 valence electrons. The molecule has 0 saturated heterocycles. The topological polar surface area (TPSA) is 90.7 Å². The molecule has 4 rings (SSSR count). The summed E-state index contributed by atoms with van der Waals surface area (Å²) in [4.78, 5) is 19.3. The third-order valence-electron chi connectivity index (χ3n) is 5.76. The Balaban J connectivity index is 1.44. The van der Waals surface area contributed by atoms with Gasteiger partial charge in [0.15, 0.2) is 5.65 Å². The first kappa shape index (κ1) is 27.9. The van der Waals surface area contributed by atoms with Crippen molar-refractivity contribution < 1.29 is 22.1 Å². The molecule has 9 heteroatoms. The van der Waals surface area contributed by atoms with Crippen molar-refractivity contribution in [1.82, 2.24) is 9.55 Å². The van der Waals surface area contributed by atoms with E-state index in [2.05, 4.69) is 16.8 Å². The molecule has 0 atom stereocenters. The number of hydrogen-bond acceptors (Lipinski definition) is 7. The number of rotatable bonds is 6. The number of benzene rings is 2. The number of aromatic nitrogens is 2. The molecule has 2 aromatic carbocycles. The molecule has 4 aromatic rings. The number of fused-ring (bicyclic) bond motifs is 1. The average Bonchev–Trinajstić information content (AvgIpc) is 3.25. The zero-order valence-electron chi connectivity index (χ0n) is 22.6. The van der Waals surface area contributed by atoms with Crippen molar-refractivity contribution in [3.63, 3.8) is 0 Å². The molecule has 2 heterocycles. The summed E-state index contributed by atoms with van der Waals surface area (Å²) in [5.74, 6) is 6.18. The quantitative estimate of drug-likeness (QED) is 0.238. The number of pyridine rings is 1. The zero-order valence-corrected chi connectivity index (χ0v) is 23.5. The summed E-state index contributed by atoms with van der Waals surface area (Å²) in [6.45, 7) is 7.70. The summed E-state index contributed by atoms with van der Waals surface area (Å²) in [7, 11) is -1.95. The smallest absolute Gasteiger partial charge is 0.421 e. The van der Waals surface area contributed by atoms with E-state index in [4.69, 9.17) is 8.92 Å². The second-order valence-electron chi connectivity index (χ2n) is 10.1. The van der Waals surface area contributed by atoms with E-state index in [1.807, 2.05) is 76.0 Å². The normalized spacial score (nSPS) is 11.6. The van der Waals surface area contributed by atoms with E-state index in [0.717, 1.165) is 22.2 Å². The minimum atomic E-state index is -3.81. The molecule has 0 amide bonds. The van der Waals surface area contributed by atoms with E-state index in [1.54, 1.807) is 24.4 Å². The highest BCUT2D eigenvalue weighted by Crippen LogP contribution is 2.20. The van der Waals surface area contributed by atoms with Crippen LogP contribution in [0.15, 0.2) is 77.8 Å². The number of anilines is 1. The first-order chi connectivity index (χ1) is 18.4. The lowest BCUT2D eigenvalue weighted by atomic mass is 10.2. The molecular formula is C30H31N3O5S. The Morgan fingerprint density at radius 2 is 1.72 bits per heavy atom. The second kappa shape index (κ2) is 11.3. The molecule has 0 aliphatic heterocycles. The largest absolute Gasteiger partial charge is 0.443 e. The third kappa shape index (κ3) is 7.05. The van der Waals surface area contributed by atoms with Gasteiger partial charge in [0.2, 0.25) is 0 Å². The Kier molecular flexibility index (Phi) is 8.09. The molecule has 0 aliphatic carbocycles. The van der Waals surface area contributed by atoms with Crippen molar-refractivity contribution in [3.05, 3.63) is 89.7 Å². The van der Waals surface area contributed by atoms with Gasteiger partial charge in [-0.25, -0.2) is 14.3 Å². The van der Waals surface area contributed by atoms with E-state index in [9.17, 15) is 13.2 Å². The highest BCUT2D eigenvalue weighted by atomic mass is 32.2. The second-order valence-corrected chi connectivity index (χ2v) is 11.7.